The minimum atomic E-state index is -1.25. The Morgan fingerprint density at radius 2 is 1.50 bits per heavy atom. The van der Waals surface area contributed by atoms with Crippen molar-refractivity contribution in [2.75, 3.05) is 13.2 Å². The highest BCUT2D eigenvalue weighted by Crippen LogP contribution is 2.73. The molecule has 4 rings (SSSR count). The summed E-state index contributed by atoms with van der Waals surface area (Å²) >= 11 is 0. The molecule has 0 aliphatic heterocycles. The van der Waals surface area contributed by atoms with Gasteiger partial charge in [-0.15, -0.1) is 6.58 Å². The van der Waals surface area contributed by atoms with Crippen LogP contribution in [0.15, 0.2) is 24.3 Å². The van der Waals surface area contributed by atoms with Crippen LogP contribution in [0, 0.1) is 56.2 Å². The van der Waals surface area contributed by atoms with Crippen LogP contribution in [-0.4, -0.2) is 70.0 Å². The van der Waals surface area contributed by atoms with Crippen molar-refractivity contribution in [3.05, 3.63) is 24.3 Å². The Balaban J connectivity index is 1.73. The van der Waals surface area contributed by atoms with Crippen LogP contribution in [0.1, 0.15) is 133 Å². The van der Waals surface area contributed by atoms with E-state index in [0.717, 1.165) is 25.7 Å². The second-order valence-electron chi connectivity index (χ2n) is 18.7. The van der Waals surface area contributed by atoms with Crippen molar-refractivity contribution in [2.24, 2.45) is 56.2 Å². The molecule has 286 valence electrons. The van der Waals surface area contributed by atoms with Gasteiger partial charge in [-0.2, -0.15) is 0 Å². The summed E-state index contributed by atoms with van der Waals surface area (Å²) in [6.45, 7) is 24.8. The number of carbonyl (C=O) groups excluding carboxylic acids is 2. The Kier molecular flexibility index (Phi) is 12.0. The fourth-order valence-corrected chi connectivity index (χ4v) is 12.0. The zero-order valence-corrected chi connectivity index (χ0v) is 32.9. The molecule has 50 heavy (non-hydrogen) atoms. The lowest BCUT2D eigenvalue weighted by atomic mass is 9.35. The first-order chi connectivity index (χ1) is 23.2. The average Bonchev–Trinajstić information content (AvgIpc) is 3.06. The van der Waals surface area contributed by atoms with Crippen LogP contribution in [0.3, 0.4) is 0 Å². The van der Waals surface area contributed by atoms with Crippen molar-refractivity contribution in [1.82, 2.24) is 0 Å². The lowest BCUT2D eigenvalue weighted by Crippen LogP contribution is -2.70. The van der Waals surface area contributed by atoms with E-state index in [9.17, 15) is 30.0 Å². The Hall–Kier alpha value is -1.74. The minimum Gasteiger partial charge on any atom is -0.465 e. The van der Waals surface area contributed by atoms with Gasteiger partial charge in [0.2, 0.25) is 0 Å². The number of ether oxygens (including phenoxy) is 2. The van der Waals surface area contributed by atoms with Gasteiger partial charge in [0, 0.05) is 11.0 Å². The van der Waals surface area contributed by atoms with Crippen LogP contribution in [0.2, 0.25) is 0 Å². The topological polar surface area (TPSA) is 134 Å². The van der Waals surface area contributed by atoms with Crippen LogP contribution >= 0.6 is 0 Å². The van der Waals surface area contributed by atoms with E-state index in [1.54, 1.807) is 13.0 Å². The monoisotopic (exact) mass is 703 g/mol. The van der Waals surface area contributed by atoms with Gasteiger partial charge in [0.05, 0.1) is 42.4 Å². The number of allylic oxidation sites excluding steroid dienone is 2. The third-order valence-electron chi connectivity index (χ3n) is 15.8. The largest absolute Gasteiger partial charge is 0.465 e. The number of aliphatic hydroxyl groups is 4. The third kappa shape index (κ3) is 6.44. The van der Waals surface area contributed by atoms with Crippen LogP contribution in [0.4, 0.5) is 0 Å². The van der Waals surface area contributed by atoms with Gasteiger partial charge in [-0.05, 0) is 117 Å². The first-order valence-electron chi connectivity index (χ1n) is 19.5. The molecule has 0 saturated heterocycles. The molecule has 0 spiro atoms. The van der Waals surface area contributed by atoms with Gasteiger partial charge in [0.25, 0.3) is 0 Å². The van der Waals surface area contributed by atoms with Crippen molar-refractivity contribution in [1.29, 1.82) is 0 Å². The minimum absolute atomic E-state index is 0.0989. The highest BCUT2D eigenvalue weighted by Gasteiger charge is 2.70. The maximum Gasteiger partial charge on any atom is 0.333 e. The van der Waals surface area contributed by atoms with Crippen LogP contribution in [0.5, 0.6) is 0 Å². The molecule has 4 fully saturated rings. The molecule has 4 aliphatic carbocycles. The quantitative estimate of drug-likeness (QED) is 0.101. The molecular weight excluding hydrogens is 632 g/mol. The Morgan fingerprint density at radius 3 is 2.08 bits per heavy atom. The summed E-state index contributed by atoms with van der Waals surface area (Å²) in [5.74, 6) is -0.843. The zero-order chi connectivity index (χ0) is 37.7. The maximum atomic E-state index is 13.2. The molecule has 8 nitrogen and oxygen atoms in total. The molecule has 12 atom stereocenters. The Labute approximate surface area is 302 Å². The SMILES string of the molecule is C=CCC1[C@@]2(C)CC[C@H](O)[C@](C)(COC(=O)/C(C)=C/C)C2CC[C@@]1(C)[C@@]1(C)CC2CC(C)(C)[C@@H](O)[C@H](O)[C@]2(COC(=O)C(CC)CC)[C@H](O)C1. The number of aliphatic hydroxyl groups excluding tert-OH is 4. The highest BCUT2D eigenvalue weighted by molar-refractivity contribution is 5.87. The number of hydrogen-bond donors (Lipinski definition) is 4. The molecule has 0 aromatic rings. The Bertz CT molecular complexity index is 1290. The molecule has 4 N–H and O–H groups in total. The van der Waals surface area contributed by atoms with Crippen molar-refractivity contribution in [2.45, 2.75) is 158 Å². The van der Waals surface area contributed by atoms with E-state index in [4.69, 9.17) is 9.47 Å². The van der Waals surface area contributed by atoms with Gasteiger partial charge in [-0.25, -0.2) is 4.79 Å². The fourth-order valence-electron chi connectivity index (χ4n) is 12.0. The maximum absolute atomic E-state index is 13.2. The molecule has 0 bridgehead atoms. The number of hydrogen-bond acceptors (Lipinski definition) is 8. The molecule has 4 saturated carbocycles. The summed E-state index contributed by atoms with van der Waals surface area (Å²) in [7, 11) is 0. The molecule has 4 aliphatic rings. The molecule has 0 amide bonds. The number of carbonyl (C=O) groups is 2. The van der Waals surface area contributed by atoms with Crippen LogP contribution in [0.25, 0.3) is 0 Å². The fraction of sp³-hybridized carbons (Fsp3) is 0.857. The Morgan fingerprint density at radius 1 is 0.860 bits per heavy atom. The van der Waals surface area contributed by atoms with E-state index in [-0.39, 0.29) is 65.1 Å². The molecule has 0 radical (unpaired) electrons. The van der Waals surface area contributed by atoms with E-state index < -0.39 is 40.7 Å². The van der Waals surface area contributed by atoms with E-state index in [1.165, 1.54) is 0 Å². The molecule has 3 unspecified atom stereocenters. The summed E-state index contributed by atoms with van der Waals surface area (Å²) in [4.78, 5) is 25.9. The van der Waals surface area contributed by atoms with Gasteiger partial charge in [0.1, 0.15) is 6.61 Å². The number of rotatable bonds is 11. The van der Waals surface area contributed by atoms with Crippen molar-refractivity contribution < 1.29 is 39.5 Å². The lowest BCUT2D eigenvalue weighted by Gasteiger charge is -2.70. The summed E-state index contributed by atoms with van der Waals surface area (Å²) in [6, 6.07) is 0. The standard InChI is InChI=1S/C42H70O8/c1-12-16-30-39(9)19-18-31(43)40(10,24-49-35(47)26(5)13-2)29(39)17-20-41(30,11)38(8)22-28-21-37(6,7)33(45)34(46)42(28,32(44)23-38)25-50-36(48)27(14-3)15-4/h12-13,27-34,43-46H,1,14-25H2,2-11H3/b26-13+/t28?,29?,30?,31-,32+,33-,34-,38-,39-,40+,41+,42-/m0/s1. The normalized spacial score (nSPS) is 44.5. The lowest BCUT2D eigenvalue weighted by molar-refractivity contribution is -0.277. The summed E-state index contributed by atoms with van der Waals surface area (Å²) in [5, 5.41) is 47.3. The second-order valence-corrected chi connectivity index (χ2v) is 18.7. The molecule has 0 heterocycles. The predicted octanol–water partition coefficient (Wildman–Crippen LogP) is 7.17. The number of esters is 2. The van der Waals surface area contributed by atoms with Gasteiger partial charge < -0.3 is 29.9 Å². The smallest absolute Gasteiger partial charge is 0.333 e. The average molecular weight is 703 g/mol. The summed E-state index contributed by atoms with van der Waals surface area (Å²) in [5.41, 5.74) is -2.65. The van der Waals surface area contributed by atoms with E-state index in [2.05, 4.69) is 34.3 Å². The summed E-state index contributed by atoms with van der Waals surface area (Å²) in [6.07, 6.45) is 6.78. The van der Waals surface area contributed by atoms with Crippen LogP contribution < -0.4 is 0 Å². The molecule has 8 heteroatoms. The van der Waals surface area contributed by atoms with Gasteiger partial charge in [-0.3, -0.25) is 4.79 Å². The van der Waals surface area contributed by atoms with Gasteiger partial charge in [-0.1, -0.05) is 67.5 Å². The van der Waals surface area contributed by atoms with E-state index in [0.29, 0.717) is 44.1 Å². The van der Waals surface area contributed by atoms with E-state index >= 15 is 0 Å². The molecule has 0 aromatic carbocycles. The van der Waals surface area contributed by atoms with Crippen molar-refractivity contribution >= 4 is 11.9 Å². The highest BCUT2D eigenvalue weighted by atomic mass is 16.5. The summed E-state index contributed by atoms with van der Waals surface area (Å²) < 4.78 is 11.9. The van der Waals surface area contributed by atoms with Crippen molar-refractivity contribution in [3.63, 3.8) is 0 Å². The molecule has 0 aromatic heterocycles. The van der Waals surface area contributed by atoms with E-state index in [1.807, 2.05) is 40.7 Å². The van der Waals surface area contributed by atoms with Gasteiger partial charge in [0.15, 0.2) is 0 Å². The first-order valence-corrected chi connectivity index (χ1v) is 19.5. The zero-order valence-electron chi connectivity index (χ0n) is 32.9. The number of fused-ring (bicyclic) bond motifs is 2. The first kappa shape index (κ1) is 41.0. The molecular formula is C42H70O8. The van der Waals surface area contributed by atoms with Crippen LogP contribution in [-0.2, 0) is 19.1 Å². The second kappa shape index (κ2) is 14.6. The third-order valence-corrected chi connectivity index (χ3v) is 15.8. The van der Waals surface area contributed by atoms with Crippen molar-refractivity contribution in [3.8, 4) is 0 Å². The van der Waals surface area contributed by atoms with Gasteiger partial charge >= 0.3 is 11.9 Å². The predicted molar refractivity (Wildman–Crippen MR) is 196 cm³/mol.